The zero-order chi connectivity index (χ0) is 23.3. The SMILES string of the molecule is Cc1c(C(=O)NN2C(=O)NC(C)(CCc3ccccc3)C2=O)[nH]c2c1C(=O)CC(C)(C)C2. The predicted octanol–water partition coefficient (Wildman–Crippen LogP) is 3.07. The summed E-state index contributed by atoms with van der Waals surface area (Å²) in [5.41, 5.74) is 4.16. The molecule has 8 heteroatoms. The summed E-state index contributed by atoms with van der Waals surface area (Å²) in [6.07, 6.45) is 2.05. The molecule has 2 aromatic rings. The van der Waals surface area contributed by atoms with Gasteiger partial charge in [-0.05, 0) is 49.7 Å². The Morgan fingerprint density at radius 2 is 1.78 bits per heavy atom. The largest absolute Gasteiger partial charge is 0.353 e. The van der Waals surface area contributed by atoms with E-state index in [1.807, 2.05) is 44.2 Å². The van der Waals surface area contributed by atoms with Crippen LogP contribution in [-0.2, 0) is 17.6 Å². The Morgan fingerprint density at radius 1 is 1.09 bits per heavy atom. The first-order chi connectivity index (χ1) is 15.0. The van der Waals surface area contributed by atoms with Crippen molar-refractivity contribution >= 4 is 23.6 Å². The summed E-state index contributed by atoms with van der Waals surface area (Å²) in [5, 5.41) is 3.43. The number of rotatable bonds is 5. The Balaban J connectivity index is 1.50. The maximum atomic E-state index is 13.0. The molecule has 168 valence electrons. The van der Waals surface area contributed by atoms with Crippen molar-refractivity contribution in [3.05, 3.63) is 58.4 Å². The second-order valence-corrected chi connectivity index (χ2v) is 9.75. The van der Waals surface area contributed by atoms with Gasteiger partial charge in [-0.15, -0.1) is 0 Å². The van der Waals surface area contributed by atoms with E-state index >= 15 is 0 Å². The summed E-state index contributed by atoms with van der Waals surface area (Å²) in [6, 6.07) is 9.00. The van der Waals surface area contributed by atoms with Crippen molar-refractivity contribution in [1.82, 2.24) is 20.7 Å². The molecule has 2 aliphatic rings. The highest BCUT2D eigenvalue weighted by Gasteiger charge is 2.48. The van der Waals surface area contributed by atoms with Crippen LogP contribution in [0.4, 0.5) is 4.79 Å². The van der Waals surface area contributed by atoms with E-state index in [1.54, 1.807) is 13.8 Å². The van der Waals surface area contributed by atoms with E-state index in [9.17, 15) is 19.2 Å². The topological polar surface area (TPSA) is 111 Å². The van der Waals surface area contributed by atoms with Gasteiger partial charge in [-0.3, -0.25) is 19.8 Å². The highest BCUT2D eigenvalue weighted by atomic mass is 16.2. The van der Waals surface area contributed by atoms with Crippen molar-refractivity contribution < 1.29 is 19.2 Å². The summed E-state index contributed by atoms with van der Waals surface area (Å²) in [5.74, 6) is -1.15. The van der Waals surface area contributed by atoms with Crippen LogP contribution in [0, 0.1) is 12.3 Å². The number of imide groups is 1. The number of carbonyl (C=O) groups is 4. The molecule has 0 saturated carbocycles. The third-order valence-corrected chi connectivity index (χ3v) is 6.36. The van der Waals surface area contributed by atoms with Crippen LogP contribution in [0.5, 0.6) is 0 Å². The average molecular weight is 437 g/mol. The Bertz CT molecular complexity index is 1120. The number of hydrogen-bond acceptors (Lipinski definition) is 4. The Labute approximate surface area is 186 Å². The van der Waals surface area contributed by atoms with Gasteiger partial charge in [0.05, 0.1) is 0 Å². The van der Waals surface area contributed by atoms with Crippen LogP contribution < -0.4 is 10.7 Å². The fourth-order valence-electron chi connectivity index (χ4n) is 4.61. The third-order valence-electron chi connectivity index (χ3n) is 6.36. The molecule has 1 aliphatic carbocycles. The number of H-pyrrole nitrogens is 1. The Morgan fingerprint density at radius 3 is 2.47 bits per heavy atom. The first-order valence-corrected chi connectivity index (χ1v) is 10.8. The summed E-state index contributed by atoms with van der Waals surface area (Å²) in [6.45, 7) is 7.37. The maximum absolute atomic E-state index is 13.0. The molecule has 32 heavy (non-hydrogen) atoms. The second kappa shape index (κ2) is 7.62. The smallest absolute Gasteiger partial charge is 0.344 e. The molecule has 1 fully saturated rings. The molecule has 1 saturated heterocycles. The summed E-state index contributed by atoms with van der Waals surface area (Å²) >= 11 is 0. The van der Waals surface area contributed by atoms with Crippen molar-refractivity contribution in [2.75, 3.05) is 0 Å². The molecule has 1 aromatic heterocycles. The molecule has 0 radical (unpaired) electrons. The Hall–Kier alpha value is -3.42. The van der Waals surface area contributed by atoms with E-state index in [1.165, 1.54) is 0 Å². The van der Waals surface area contributed by atoms with Crippen LogP contribution >= 0.6 is 0 Å². The van der Waals surface area contributed by atoms with Crippen LogP contribution in [0.2, 0.25) is 0 Å². The van der Waals surface area contributed by atoms with Crippen LogP contribution in [0.1, 0.15) is 71.3 Å². The lowest BCUT2D eigenvalue weighted by Gasteiger charge is -2.28. The molecular formula is C24H28N4O4. The van der Waals surface area contributed by atoms with Crippen LogP contribution in [0.3, 0.4) is 0 Å². The van der Waals surface area contributed by atoms with Gasteiger partial charge in [0.25, 0.3) is 11.8 Å². The number of benzene rings is 1. The number of urea groups is 1. The lowest BCUT2D eigenvalue weighted by atomic mass is 9.75. The van der Waals surface area contributed by atoms with Gasteiger partial charge in [0, 0.05) is 17.7 Å². The number of amides is 4. The number of Topliss-reactive ketones (excluding diaryl/α,β-unsaturated/α-hetero) is 1. The third kappa shape index (κ3) is 3.81. The fraction of sp³-hybridized carbons (Fsp3) is 0.417. The van der Waals surface area contributed by atoms with Gasteiger partial charge in [-0.2, -0.15) is 5.01 Å². The fourth-order valence-corrected chi connectivity index (χ4v) is 4.61. The molecule has 4 rings (SSSR count). The maximum Gasteiger partial charge on any atom is 0.344 e. The quantitative estimate of drug-likeness (QED) is 0.626. The van der Waals surface area contributed by atoms with Gasteiger partial charge in [-0.1, -0.05) is 44.2 Å². The van der Waals surface area contributed by atoms with Crippen molar-refractivity contribution in [1.29, 1.82) is 0 Å². The van der Waals surface area contributed by atoms with E-state index in [0.717, 1.165) is 16.3 Å². The number of nitrogens with zero attached hydrogens (tertiary/aromatic N) is 1. The van der Waals surface area contributed by atoms with E-state index in [0.29, 0.717) is 36.8 Å². The van der Waals surface area contributed by atoms with Gasteiger partial charge >= 0.3 is 6.03 Å². The molecule has 1 aliphatic heterocycles. The number of carbonyl (C=O) groups excluding carboxylic acids is 4. The monoisotopic (exact) mass is 436 g/mol. The number of hydrazine groups is 1. The average Bonchev–Trinajstić information content (AvgIpc) is 3.15. The van der Waals surface area contributed by atoms with Gasteiger partial charge in [0.2, 0.25) is 0 Å². The molecule has 4 amide bonds. The van der Waals surface area contributed by atoms with Gasteiger partial charge in [-0.25, -0.2) is 4.79 Å². The second-order valence-electron chi connectivity index (χ2n) is 9.75. The molecule has 0 spiro atoms. The van der Waals surface area contributed by atoms with E-state index in [2.05, 4.69) is 15.7 Å². The molecule has 1 aromatic carbocycles. The number of ketones is 1. The molecule has 1 atom stereocenters. The van der Waals surface area contributed by atoms with Crippen molar-refractivity contribution in [3.63, 3.8) is 0 Å². The zero-order valence-corrected chi connectivity index (χ0v) is 18.8. The normalized spacial score (nSPS) is 22.0. The first-order valence-electron chi connectivity index (χ1n) is 10.8. The number of aryl methyl sites for hydroxylation is 1. The van der Waals surface area contributed by atoms with Gasteiger partial charge in [0.1, 0.15) is 11.2 Å². The highest BCUT2D eigenvalue weighted by molar-refractivity contribution is 6.10. The number of hydrogen-bond donors (Lipinski definition) is 3. The van der Waals surface area contributed by atoms with E-state index < -0.39 is 23.4 Å². The van der Waals surface area contributed by atoms with Gasteiger partial charge < -0.3 is 10.3 Å². The van der Waals surface area contributed by atoms with Crippen LogP contribution in [0.25, 0.3) is 0 Å². The van der Waals surface area contributed by atoms with Gasteiger partial charge in [0.15, 0.2) is 5.78 Å². The molecular weight excluding hydrogens is 408 g/mol. The number of aromatic amines is 1. The predicted molar refractivity (Wildman–Crippen MR) is 118 cm³/mol. The number of aromatic nitrogens is 1. The summed E-state index contributed by atoms with van der Waals surface area (Å²) in [7, 11) is 0. The standard InChI is InChI=1S/C24H28N4O4/c1-14-18-16(12-23(2,3)13-17(18)29)25-19(14)20(30)27-28-21(31)24(4,26-22(28)32)11-10-15-8-6-5-7-9-15/h5-9,25H,10-13H2,1-4H3,(H,26,32)(H,27,30). The first kappa shape index (κ1) is 21.8. The highest BCUT2D eigenvalue weighted by Crippen LogP contribution is 2.36. The van der Waals surface area contributed by atoms with Crippen LogP contribution in [-0.4, -0.2) is 39.2 Å². The molecule has 0 bridgehead atoms. The van der Waals surface area contributed by atoms with Crippen molar-refractivity contribution in [2.45, 2.75) is 58.9 Å². The molecule has 1 unspecified atom stereocenters. The molecule has 3 N–H and O–H groups in total. The molecule has 8 nitrogen and oxygen atoms in total. The van der Waals surface area contributed by atoms with Crippen molar-refractivity contribution in [2.24, 2.45) is 5.41 Å². The zero-order valence-electron chi connectivity index (χ0n) is 18.8. The van der Waals surface area contributed by atoms with Crippen molar-refractivity contribution in [3.8, 4) is 0 Å². The van der Waals surface area contributed by atoms with E-state index in [4.69, 9.17) is 0 Å². The lowest BCUT2D eigenvalue weighted by Crippen LogP contribution is -2.49. The minimum Gasteiger partial charge on any atom is -0.353 e. The summed E-state index contributed by atoms with van der Waals surface area (Å²) < 4.78 is 0. The minimum absolute atomic E-state index is 0.00692. The van der Waals surface area contributed by atoms with Crippen LogP contribution in [0.15, 0.2) is 30.3 Å². The number of fused-ring (bicyclic) bond motifs is 1. The van der Waals surface area contributed by atoms with E-state index in [-0.39, 0.29) is 16.9 Å². The minimum atomic E-state index is -1.12. The Kier molecular flexibility index (Phi) is 5.19. The number of nitrogens with one attached hydrogen (secondary N) is 3. The molecule has 2 heterocycles. The lowest BCUT2D eigenvalue weighted by molar-refractivity contribution is -0.132. The summed E-state index contributed by atoms with van der Waals surface area (Å²) in [4.78, 5) is 54.1.